The second kappa shape index (κ2) is 8.87. The van der Waals surface area contributed by atoms with Crippen molar-refractivity contribution in [3.63, 3.8) is 0 Å². The van der Waals surface area contributed by atoms with Crippen LogP contribution in [0.2, 0.25) is 0 Å². The van der Waals surface area contributed by atoms with Crippen LogP contribution in [0.3, 0.4) is 0 Å². The van der Waals surface area contributed by atoms with Crippen LogP contribution in [-0.4, -0.2) is 37.9 Å². The summed E-state index contributed by atoms with van der Waals surface area (Å²) in [6.45, 7) is 0.638. The Bertz CT molecular complexity index is 974. The summed E-state index contributed by atoms with van der Waals surface area (Å²) in [6, 6.07) is 15.8. The van der Waals surface area contributed by atoms with Gasteiger partial charge in [-0.25, -0.2) is 10.0 Å². The first kappa shape index (κ1) is 19.8. The number of methoxy groups -OCH3 is 3. The van der Waals surface area contributed by atoms with Crippen molar-refractivity contribution in [2.24, 2.45) is 0 Å². The molecule has 3 aromatic rings. The van der Waals surface area contributed by atoms with Crippen molar-refractivity contribution in [2.75, 3.05) is 38.3 Å². The molecule has 1 aliphatic heterocycles. The molecule has 8 nitrogen and oxygen atoms in total. The Morgan fingerprint density at radius 2 is 1.73 bits per heavy atom. The molecule has 2 aromatic carbocycles. The number of rotatable bonds is 7. The molecule has 4 rings (SSSR count). The number of nitrogens with one attached hydrogen (secondary N) is 1. The second-order valence-electron chi connectivity index (χ2n) is 6.65. The lowest BCUT2D eigenvalue weighted by Crippen LogP contribution is -2.22. The minimum atomic E-state index is 0.107. The molecule has 0 amide bonds. The normalized spacial score (nSPS) is 15.7. The van der Waals surface area contributed by atoms with Gasteiger partial charge in [-0.3, -0.25) is 4.84 Å². The van der Waals surface area contributed by atoms with Crippen molar-refractivity contribution < 1.29 is 19.0 Å². The molecule has 0 saturated carbocycles. The summed E-state index contributed by atoms with van der Waals surface area (Å²) < 4.78 is 16.2. The molecule has 0 unspecified atom stereocenters. The van der Waals surface area contributed by atoms with Gasteiger partial charge in [-0.05, 0) is 5.56 Å². The fourth-order valence-corrected chi connectivity index (χ4v) is 3.49. The van der Waals surface area contributed by atoms with E-state index >= 15 is 0 Å². The number of benzene rings is 2. The highest BCUT2D eigenvalue weighted by Crippen LogP contribution is 2.40. The van der Waals surface area contributed by atoms with E-state index in [-0.39, 0.29) is 6.04 Å². The van der Waals surface area contributed by atoms with Gasteiger partial charge in [0.05, 0.1) is 34.0 Å². The van der Waals surface area contributed by atoms with Gasteiger partial charge in [-0.2, -0.15) is 4.98 Å². The lowest BCUT2D eigenvalue weighted by atomic mass is 10.0. The van der Waals surface area contributed by atoms with Crippen molar-refractivity contribution in [2.45, 2.75) is 12.5 Å². The van der Waals surface area contributed by atoms with Crippen LogP contribution in [0.25, 0.3) is 0 Å². The topological polar surface area (TPSA) is 78.0 Å². The highest BCUT2D eigenvalue weighted by atomic mass is 16.7. The Kier molecular flexibility index (Phi) is 5.85. The average molecular weight is 408 g/mol. The summed E-state index contributed by atoms with van der Waals surface area (Å²) in [6.07, 6.45) is 2.59. The summed E-state index contributed by atoms with van der Waals surface area (Å²) in [5.74, 6) is 2.73. The smallest absolute Gasteiger partial charge is 0.229 e. The lowest BCUT2D eigenvalue weighted by Gasteiger charge is -2.24. The van der Waals surface area contributed by atoms with E-state index in [0.717, 1.165) is 6.42 Å². The summed E-state index contributed by atoms with van der Waals surface area (Å²) in [4.78, 5) is 14.9. The van der Waals surface area contributed by atoms with E-state index in [1.54, 1.807) is 39.7 Å². The number of ether oxygens (including phenoxy) is 3. The van der Waals surface area contributed by atoms with Gasteiger partial charge in [-0.15, -0.1) is 0 Å². The predicted molar refractivity (Wildman–Crippen MR) is 114 cm³/mol. The number of hydrogen-bond donors (Lipinski definition) is 1. The summed E-state index contributed by atoms with van der Waals surface area (Å²) in [5, 5.41) is 5.05. The van der Waals surface area contributed by atoms with Crippen molar-refractivity contribution in [3.8, 4) is 17.2 Å². The van der Waals surface area contributed by atoms with Crippen molar-refractivity contribution in [3.05, 3.63) is 60.3 Å². The van der Waals surface area contributed by atoms with E-state index in [2.05, 4.69) is 27.4 Å². The highest BCUT2D eigenvalue weighted by Gasteiger charge is 2.29. The Balaban J connectivity index is 1.60. The molecule has 1 atom stereocenters. The van der Waals surface area contributed by atoms with Crippen LogP contribution in [0.5, 0.6) is 17.2 Å². The van der Waals surface area contributed by atoms with Crippen LogP contribution in [0, 0.1) is 0 Å². The molecular formula is C22H24N4O4. The maximum Gasteiger partial charge on any atom is 0.229 e. The molecule has 30 heavy (non-hydrogen) atoms. The minimum absolute atomic E-state index is 0.107. The molecule has 1 aromatic heterocycles. The minimum Gasteiger partial charge on any atom is -0.493 e. The largest absolute Gasteiger partial charge is 0.493 e. The molecule has 0 bridgehead atoms. The molecule has 0 spiro atoms. The van der Waals surface area contributed by atoms with Gasteiger partial charge in [-0.1, -0.05) is 30.3 Å². The quantitative estimate of drug-likeness (QED) is 0.625. The first-order valence-corrected chi connectivity index (χ1v) is 9.60. The Morgan fingerprint density at radius 1 is 1.00 bits per heavy atom. The summed E-state index contributed by atoms with van der Waals surface area (Å²) >= 11 is 0. The van der Waals surface area contributed by atoms with Gasteiger partial charge in [0.25, 0.3) is 0 Å². The van der Waals surface area contributed by atoms with E-state index in [0.29, 0.717) is 41.3 Å². The van der Waals surface area contributed by atoms with Crippen molar-refractivity contribution in [1.29, 1.82) is 0 Å². The van der Waals surface area contributed by atoms with Gasteiger partial charge in [0.2, 0.25) is 11.7 Å². The van der Waals surface area contributed by atoms with Gasteiger partial charge in [0.1, 0.15) is 0 Å². The third-order valence-electron chi connectivity index (χ3n) is 4.88. The molecule has 1 fully saturated rings. The zero-order valence-corrected chi connectivity index (χ0v) is 17.2. The maximum absolute atomic E-state index is 5.87. The zero-order valence-electron chi connectivity index (χ0n) is 17.2. The number of hydrogen-bond acceptors (Lipinski definition) is 8. The molecule has 1 saturated heterocycles. The molecule has 156 valence electrons. The van der Waals surface area contributed by atoms with Gasteiger partial charge in [0, 0.05) is 36.5 Å². The molecular weight excluding hydrogens is 384 g/mol. The highest BCUT2D eigenvalue weighted by molar-refractivity contribution is 5.66. The van der Waals surface area contributed by atoms with Crippen LogP contribution in [0.4, 0.5) is 17.5 Å². The van der Waals surface area contributed by atoms with Gasteiger partial charge < -0.3 is 19.5 Å². The van der Waals surface area contributed by atoms with Crippen LogP contribution >= 0.6 is 0 Å². The van der Waals surface area contributed by atoms with Gasteiger partial charge >= 0.3 is 0 Å². The van der Waals surface area contributed by atoms with E-state index in [1.807, 2.05) is 29.3 Å². The fourth-order valence-electron chi connectivity index (χ4n) is 3.49. The Labute approximate surface area is 175 Å². The third-order valence-corrected chi connectivity index (χ3v) is 4.88. The van der Waals surface area contributed by atoms with Crippen molar-refractivity contribution >= 4 is 17.5 Å². The molecule has 0 radical (unpaired) electrons. The number of hydroxylamine groups is 1. The van der Waals surface area contributed by atoms with E-state index in [9.17, 15) is 0 Å². The molecule has 2 heterocycles. The molecule has 1 aliphatic rings. The van der Waals surface area contributed by atoms with Gasteiger partial charge in [0.15, 0.2) is 17.3 Å². The summed E-state index contributed by atoms with van der Waals surface area (Å²) in [5.41, 5.74) is 1.90. The molecule has 1 N–H and O–H groups in total. The lowest BCUT2D eigenvalue weighted by molar-refractivity contribution is 0.157. The monoisotopic (exact) mass is 408 g/mol. The summed E-state index contributed by atoms with van der Waals surface area (Å²) in [7, 11) is 4.72. The van der Waals surface area contributed by atoms with Crippen LogP contribution in [0.1, 0.15) is 18.0 Å². The van der Waals surface area contributed by atoms with E-state index in [1.165, 1.54) is 5.56 Å². The van der Waals surface area contributed by atoms with Crippen LogP contribution < -0.4 is 24.6 Å². The Hall–Kier alpha value is -3.52. The number of nitrogens with zero attached hydrogens (tertiary/aromatic N) is 3. The molecule has 0 aliphatic carbocycles. The Morgan fingerprint density at radius 3 is 2.40 bits per heavy atom. The second-order valence-corrected chi connectivity index (χ2v) is 6.65. The zero-order chi connectivity index (χ0) is 20.9. The van der Waals surface area contributed by atoms with Crippen LogP contribution in [0.15, 0.2) is 54.7 Å². The maximum atomic E-state index is 5.87. The predicted octanol–water partition coefficient (Wildman–Crippen LogP) is 4.13. The molecule has 8 heteroatoms. The van der Waals surface area contributed by atoms with E-state index in [4.69, 9.17) is 19.0 Å². The number of anilines is 3. The first-order chi connectivity index (χ1) is 14.7. The third kappa shape index (κ3) is 3.95. The van der Waals surface area contributed by atoms with Crippen molar-refractivity contribution in [1.82, 2.24) is 9.97 Å². The first-order valence-electron chi connectivity index (χ1n) is 9.60. The fraction of sp³-hybridized carbons (Fsp3) is 0.273. The standard InChI is InChI=1S/C22H24N4O4/c1-27-18-13-16(14-19(28-2)21(18)29-3)24-22-23-11-9-20(25-22)26-17(10-12-30-26)15-7-5-4-6-8-15/h4-9,11,13-14,17H,10,12H2,1-3H3,(H,23,24,25)/t17-/m0/s1. The van der Waals surface area contributed by atoms with E-state index < -0.39 is 0 Å². The average Bonchev–Trinajstić information content (AvgIpc) is 3.29. The van der Waals surface area contributed by atoms with Crippen LogP contribution in [-0.2, 0) is 4.84 Å². The number of aromatic nitrogens is 2. The SMILES string of the molecule is COc1cc(Nc2nccc(N3OCC[C@H]3c3ccccc3)n2)cc(OC)c1OC.